The van der Waals surface area contributed by atoms with Crippen molar-refractivity contribution in [2.24, 2.45) is 5.41 Å². The first kappa shape index (κ1) is 34.0. The van der Waals surface area contributed by atoms with E-state index in [1.807, 2.05) is 27.7 Å². The fourth-order valence-electron chi connectivity index (χ4n) is 4.04. The van der Waals surface area contributed by atoms with Crippen LogP contribution < -0.4 is 19.9 Å². The number of aromatic nitrogens is 1. The number of nitrogens with one attached hydrogen (secondary N) is 1. The average Bonchev–Trinajstić information content (AvgIpc) is 3.05. The molecule has 0 saturated carbocycles. The molecule has 1 fully saturated rings. The van der Waals surface area contributed by atoms with E-state index in [0.717, 1.165) is 12.1 Å². The first-order valence-corrected chi connectivity index (χ1v) is 13.7. The lowest BCUT2D eigenvalue weighted by Gasteiger charge is -2.29. The summed E-state index contributed by atoms with van der Waals surface area (Å²) in [5, 5.41) is 11.6. The van der Waals surface area contributed by atoms with Gasteiger partial charge in [0, 0.05) is 12.1 Å². The maximum atomic E-state index is 15.2. The molecule has 232 valence electrons. The van der Waals surface area contributed by atoms with Gasteiger partial charge in [-0.1, -0.05) is 32.4 Å². The van der Waals surface area contributed by atoms with Gasteiger partial charge in [0.25, 0.3) is 5.91 Å². The molecule has 1 aliphatic heterocycles. The number of carbonyl (C=O) groups excluding carboxylic acids is 2. The predicted molar refractivity (Wildman–Crippen MR) is 155 cm³/mol. The Kier molecular flexibility index (Phi) is 9.95. The van der Waals surface area contributed by atoms with E-state index >= 15 is 4.39 Å². The quantitative estimate of drug-likeness (QED) is 0.213. The summed E-state index contributed by atoms with van der Waals surface area (Å²) in [6, 6.07) is 4.26. The van der Waals surface area contributed by atoms with Crippen LogP contribution in [0.4, 0.5) is 28.9 Å². The van der Waals surface area contributed by atoms with E-state index in [2.05, 4.69) is 10.3 Å². The molecule has 2 aromatic rings. The number of halogens is 5. The van der Waals surface area contributed by atoms with Crippen molar-refractivity contribution in [3.05, 3.63) is 46.4 Å². The van der Waals surface area contributed by atoms with Crippen LogP contribution in [-0.2, 0) is 20.5 Å². The van der Waals surface area contributed by atoms with Crippen LogP contribution in [0.15, 0.2) is 24.4 Å². The van der Waals surface area contributed by atoms with E-state index in [0.29, 0.717) is 4.90 Å². The van der Waals surface area contributed by atoms with E-state index in [4.69, 9.17) is 38.6 Å². The second kappa shape index (κ2) is 12.6. The summed E-state index contributed by atoms with van der Waals surface area (Å²) >= 11 is 11.9. The number of hydrogen-bond acceptors (Lipinski definition) is 7. The Morgan fingerprint density at radius 1 is 1.23 bits per heavy atom. The molecule has 2 amide bonds. The lowest BCUT2D eigenvalue weighted by Crippen LogP contribution is -2.44. The lowest BCUT2D eigenvalue weighted by atomic mass is 9.88. The number of alkyl halides is 3. The molecular weight excluding hydrogens is 614 g/mol. The summed E-state index contributed by atoms with van der Waals surface area (Å²) in [4.78, 5) is 31.5. The van der Waals surface area contributed by atoms with Crippen molar-refractivity contribution < 1.29 is 36.6 Å². The molecule has 15 heteroatoms. The number of nitrogens with zero attached hydrogens (tertiary/aromatic N) is 4. The molecule has 0 bridgehead atoms. The number of carbonyl (C=O) groups is 2. The number of ether oxygens (including phenoxy) is 2. The normalized spacial score (nSPS) is 15.9. The fraction of sp³-hybridized carbons (Fsp3) is 0.464. The minimum Gasteiger partial charge on any atom is -0.475 e. The molecule has 9 nitrogen and oxygen atoms in total. The topological polar surface area (TPSA) is 108 Å². The Hall–Kier alpha value is -3.54. The Labute approximate surface area is 256 Å². The maximum absolute atomic E-state index is 15.2. The van der Waals surface area contributed by atoms with Gasteiger partial charge < -0.3 is 19.7 Å². The van der Waals surface area contributed by atoms with Crippen LogP contribution >= 0.6 is 23.8 Å². The smallest absolute Gasteiger partial charge is 0.420 e. The Morgan fingerprint density at radius 3 is 2.44 bits per heavy atom. The van der Waals surface area contributed by atoms with Crippen LogP contribution in [0.1, 0.15) is 52.7 Å². The minimum atomic E-state index is -5.20. The van der Waals surface area contributed by atoms with Crippen LogP contribution in [0.2, 0.25) is 5.02 Å². The van der Waals surface area contributed by atoms with Gasteiger partial charge >= 0.3 is 6.18 Å². The highest BCUT2D eigenvalue weighted by Gasteiger charge is 2.52. The molecule has 2 heterocycles. The van der Waals surface area contributed by atoms with Crippen LogP contribution in [0.5, 0.6) is 5.88 Å². The molecule has 1 atom stereocenters. The summed E-state index contributed by atoms with van der Waals surface area (Å²) in [7, 11) is 0. The van der Waals surface area contributed by atoms with Crippen molar-refractivity contribution in [2.75, 3.05) is 29.6 Å². The highest BCUT2D eigenvalue weighted by atomic mass is 35.5. The molecule has 1 saturated heterocycles. The largest absolute Gasteiger partial charge is 0.475 e. The maximum Gasteiger partial charge on any atom is 0.420 e. The molecule has 43 heavy (non-hydrogen) atoms. The highest BCUT2D eigenvalue weighted by Crippen LogP contribution is 2.43. The fourth-order valence-corrected chi connectivity index (χ4v) is 4.77. The number of hydrogen-bond donors (Lipinski definition) is 1. The first-order valence-electron chi connectivity index (χ1n) is 13.0. The average molecular weight is 644 g/mol. The summed E-state index contributed by atoms with van der Waals surface area (Å²) in [6.45, 7) is 10.7. The molecule has 3 rings (SSSR count). The van der Waals surface area contributed by atoms with Crippen molar-refractivity contribution in [1.82, 2.24) is 10.3 Å². The Balaban J connectivity index is 1.74. The number of anilines is 2. The number of nitriles is 1. The summed E-state index contributed by atoms with van der Waals surface area (Å²) in [5.74, 6) is -2.82. The van der Waals surface area contributed by atoms with Crippen molar-refractivity contribution in [2.45, 2.75) is 59.3 Å². The zero-order valence-corrected chi connectivity index (χ0v) is 25.8. The number of pyridine rings is 1. The minimum absolute atomic E-state index is 0.0304. The molecule has 1 unspecified atom stereocenters. The molecule has 0 spiro atoms. The number of benzene rings is 1. The van der Waals surface area contributed by atoms with E-state index in [9.17, 15) is 22.8 Å². The predicted octanol–water partition coefficient (Wildman–Crippen LogP) is 5.63. The van der Waals surface area contributed by atoms with Crippen molar-refractivity contribution in [3.63, 3.8) is 0 Å². The molecule has 1 aliphatic rings. The van der Waals surface area contributed by atoms with Gasteiger partial charge in [0.2, 0.25) is 11.8 Å². The van der Waals surface area contributed by atoms with Gasteiger partial charge in [0.15, 0.2) is 10.9 Å². The SMILES string of the molecule is CC(NC(=O)COCCOc1cc(Cl)c(N2C(=S)N(c3ccc(C#N)c(C(F)(F)F)c3F)C(=O)C2(C)C)cn1)C(C)(C)C. The van der Waals surface area contributed by atoms with Gasteiger partial charge in [-0.05, 0) is 50.5 Å². The number of amides is 2. The third-order valence-corrected chi connectivity index (χ3v) is 7.54. The van der Waals surface area contributed by atoms with Gasteiger partial charge in [-0.2, -0.15) is 18.4 Å². The van der Waals surface area contributed by atoms with E-state index in [1.165, 1.54) is 37.1 Å². The second-order valence-electron chi connectivity index (χ2n) is 11.3. The van der Waals surface area contributed by atoms with Gasteiger partial charge in [-0.3, -0.25) is 14.5 Å². The molecule has 1 aromatic heterocycles. The standard InChI is InChI=1S/C28H30ClF4N5O4S/c1-15(26(2,3)4)36-20(39)14-41-9-10-42-21-11-17(29)19(13-35-21)38-25(43)37(24(40)27(38,5)6)18-8-7-16(12-34)22(23(18)30)28(31,32)33/h7-8,11,13,15H,9-10,14H2,1-6H3,(H,36,39). The Bertz CT molecular complexity index is 1470. The van der Waals surface area contributed by atoms with E-state index in [1.54, 1.807) is 0 Å². The molecule has 1 aromatic carbocycles. The van der Waals surface area contributed by atoms with Crippen LogP contribution in [0, 0.1) is 22.6 Å². The molecule has 1 N–H and O–H groups in total. The van der Waals surface area contributed by atoms with Crippen LogP contribution in [0.25, 0.3) is 0 Å². The zero-order chi connectivity index (χ0) is 32.5. The first-order chi connectivity index (χ1) is 19.8. The number of rotatable bonds is 9. The van der Waals surface area contributed by atoms with Crippen molar-refractivity contribution >= 4 is 52.1 Å². The van der Waals surface area contributed by atoms with Crippen LogP contribution in [0.3, 0.4) is 0 Å². The van der Waals surface area contributed by atoms with Gasteiger partial charge in [-0.25, -0.2) is 9.37 Å². The van der Waals surface area contributed by atoms with Gasteiger partial charge in [0.05, 0.1) is 40.8 Å². The molecule has 0 aliphatic carbocycles. The monoisotopic (exact) mass is 643 g/mol. The van der Waals surface area contributed by atoms with Crippen LogP contribution in [-0.4, -0.2) is 53.3 Å². The lowest BCUT2D eigenvalue weighted by molar-refractivity contribution is -0.140. The third-order valence-electron chi connectivity index (χ3n) is 6.87. The van der Waals surface area contributed by atoms with Gasteiger partial charge in [-0.15, -0.1) is 0 Å². The van der Waals surface area contributed by atoms with E-state index in [-0.39, 0.29) is 58.9 Å². The molecule has 0 radical (unpaired) electrons. The van der Waals surface area contributed by atoms with Gasteiger partial charge in [0.1, 0.15) is 24.3 Å². The third kappa shape index (κ3) is 7.17. The second-order valence-corrected chi connectivity index (χ2v) is 12.1. The Morgan fingerprint density at radius 2 is 1.88 bits per heavy atom. The summed E-state index contributed by atoms with van der Waals surface area (Å²) in [6.07, 6.45) is -3.95. The number of thiocarbonyl (C=S) groups is 1. The molecular formula is C28H30ClF4N5O4S. The van der Waals surface area contributed by atoms with Crippen molar-refractivity contribution in [1.29, 1.82) is 5.26 Å². The van der Waals surface area contributed by atoms with E-state index < -0.39 is 40.3 Å². The highest BCUT2D eigenvalue weighted by molar-refractivity contribution is 7.81. The zero-order valence-electron chi connectivity index (χ0n) is 24.2. The van der Waals surface area contributed by atoms with Crippen molar-refractivity contribution in [3.8, 4) is 11.9 Å². The summed E-state index contributed by atoms with van der Waals surface area (Å²) < 4.78 is 66.9. The summed E-state index contributed by atoms with van der Waals surface area (Å²) in [5.41, 5.74) is -5.00.